The van der Waals surface area contributed by atoms with E-state index in [0.29, 0.717) is 18.0 Å². The first-order valence-electron chi connectivity index (χ1n) is 11.9. The van der Waals surface area contributed by atoms with Gasteiger partial charge in [-0.25, -0.2) is 9.07 Å². The van der Waals surface area contributed by atoms with Gasteiger partial charge >= 0.3 is 0 Å². The molecule has 1 aromatic heterocycles. The van der Waals surface area contributed by atoms with Crippen LogP contribution < -0.4 is 14.4 Å². The Bertz CT molecular complexity index is 1270. The molecule has 0 aliphatic carbocycles. The van der Waals surface area contributed by atoms with E-state index < -0.39 is 0 Å². The lowest BCUT2D eigenvalue weighted by Gasteiger charge is -2.40. The number of methoxy groups -OCH3 is 2. The van der Waals surface area contributed by atoms with Gasteiger partial charge in [-0.15, -0.1) is 5.10 Å². The number of halogens is 1. The first-order valence-corrected chi connectivity index (χ1v) is 11.9. The van der Waals surface area contributed by atoms with Crippen LogP contribution in [-0.4, -0.2) is 65.5 Å². The fourth-order valence-corrected chi connectivity index (χ4v) is 4.79. The molecule has 1 fully saturated rings. The van der Waals surface area contributed by atoms with Crippen LogP contribution in [0.1, 0.15) is 23.0 Å². The van der Waals surface area contributed by atoms with E-state index in [-0.39, 0.29) is 11.9 Å². The highest BCUT2D eigenvalue weighted by molar-refractivity contribution is 5.50. The summed E-state index contributed by atoms with van der Waals surface area (Å²) in [7, 11) is 3.29. The second-order valence-corrected chi connectivity index (χ2v) is 8.67. The maximum atomic E-state index is 13.4. The first-order chi connectivity index (χ1) is 17.7. The zero-order valence-electron chi connectivity index (χ0n) is 20.4. The van der Waals surface area contributed by atoms with Crippen LogP contribution in [0.25, 0.3) is 0 Å². The van der Waals surface area contributed by atoms with Gasteiger partial charge in [0.05, 0.1) is 20.8 Å². The standard InChI is InChI=1S/C27H29FN6O2/c1-35-24-10-6-9-23(26(24)36-2)25(27-29-30-31-34(27)19-20-7-4-3-5-8-20)33-17-15-32(16-18-33)22-13-11-21(28)12-14-22/h3-14,25H,15-19H2,1-2H3/t25-/m1/s1. The van der Waals surface area contributed by atoms with Gasteiger partial charge in [0.2, 0.25) is 0 Å². The van der Waals surface area contributed by atoms with Gasteiger partial charge in [-0.2, -0.15) is 0 Å². The van der Waals surface area contributed by atoms with Gasteiger partial charge in [0.15, 0.2) is 17.3 Å². The number of ether oxygens (including phenoxy) is 2. The zero-order valence-corrected chi connectivity index (χ0v) is 20.4. The Morgan fingerprint density at radius 3 is 2.31 bits per heavy atom. The molecule has 9 heteroatoms. The van der Waals surface area contributed by atoms with Gasteiger partial charge < -0.3 is 14.4 Å². The predicted molar refractivity (Wildman–Crippen MR) is 135 cm³/mol. The van der Waals surface area contributed by atoms with E-state index in [0.717, 1.165) is 48.8 Å². The van der Waals surface area contributed by atoms with Crippen molar-refractivity contribution >= 4 is 5.69 Å². The third-order valence-electron chi connectivity index (χ3n) is 6.58. The third kappa shape index (κ3) is 4.87. The van der Waals surface area contributed by atoms with Gasteiger partial charge in [0.1, 0.15) is 11.9 Å². The van der Waals surface area contributed by atoms with Crippen LogP contribution >= 0.6 is 0 Å². The van der Waals surface area contributed by atoms with Crippen molar-refractivity contribution in [3.8, 4) is 11.5 Å². The van der Waals surface area contributed by atoms with Crippen LogP contribution in [-0.2, 0) is 6.54 Å². The van der Waals surface area contributed by atoms with Crippen LogP contribution in [0.3, 0.4) is 0 Å². The Morgan fingerprint density at radius 2 is 1.61 bits per heavy atom. The number of tetrazole rings is 1. The minimum Gasteiger partial charge on any atom is -0.493 e. The van der Waals surface area contributed by atoms with Crippen molar-refractivity contribution in [3.05, 3.63) is 95.6 Å². The molecule has 1 saturated heterocycles. The molecule has 4 aromatic rings. The molecule has 0 unspecified atom stereocenters. The molecule has 186 valence electrons. The van der Waals surface area contributed by atoms with Crippen LogP contribution in [0, 0.1) is 5.82 Å². The van der Waals surface area contributed by atoms with Crippen LogP contribution in [0.2, 0.25) is 0 Å². The maximum absolute atomic E-state index is 13.4. The fourth-order valence-electron chi connectivity index (χ4n) is 4.79. The van der Waals surface area contributed by atoms with E-state index in [1.54, 1.807) is 14.2 Å². The molecule has 36 heavy (non-hydrogen) atoms. The molecule has 5 rings (SSSR count). The van der Waals surface area contributed by atoms with Gasteiger partial charge in [-0.1, -0.05) is 42.5 Å². The molecule has 0 spiro atoms. The quantitative estimate of drug-likeness (QED) is 0.374. The number of aromatic nitrogens is 4. The number of rotatable bonds is 8. The lowest BCUT2D eigenvalue weighted by atomic mass is 10.0. The summed E-state index contributed by atoms with van der Waals surface area (Å²) in [6, 6.07) is 22.4. The molecule has 0 N–H and O–H groups in total. The smallest absolute Gasteiger partial charge is 0.173 e. The maximum Gasteiger partial charge on any atom is 0.173 e. The second kappa shape index (κ2) is 10.7. The number of hydrogen-bond donors (Lipinski definition) is 0. The molecule has 1 aliphatic heterocycles. The SMILES string of the molecule is COc1cccc([C@H](c2nnnn2Cc2ccccc2)N2CCN(c3ccc(F)cc3)CC2)c1OC. The molecule has 1 aliphatic rings. The third-order valence-corrected chi connectivity index (χ3v) is 6.58. The Balaban J connectivity index is 1.49. The van der Waals surface area contributed by atoms with E-state index in [1.165, 1.54) is 12.1 Å². The summed E-state index contributed by atoms with van der Waals surface area (Å²) in [6.07, 6.45) is 0. The van der Waals surface area contributed by atoms with Crippen molar-refractivity contribution in [3.63, 3.8) is 0 Å². The molecule has 3 aromatic carbocycles. The average molecular weight is 489 g/mol. The second-order valence-electron chi connectivity index (χ2n) is 8.67. The summed E-state index contributed by atoms with van der Waals surface area (Å²) < 4.78 is 26.7. The van der Waals surface area contributed by atoms with Gasteiger partial charge in [-0.3, -0.25) is 4.90 Å². The van der Waals surface area contributed by atoms with Crippen molar-refractivity contribution in [2.45, 2.75) is 12.6 Å². The normalized spacial score (nSPS) is 15.0. The molecule has 8 nitrogen and oxygen atoms in total. The number of benzene rings is 3. The van der Waals surface area contributed by atoms with Crippen molar-refractivity contribution in [2.24, 2.45) is 0 Å². The topological polar surface area (TPSA) is 68.5 Å². The Hall–Kier alpha value is -3.98. The van der Waals surface area contributed by atoms with E-state index in [2.05, 4.69) is 37.5 Å². The highest BCUT2D eigenvalue weighted by Crippen LogP contribution is 2.40. The summed E-state index contributed by atoms with van der Waals surface area (Å²) in [5, 5.41) is 12.9. The van der Waals surface area contributed by atoms with Crippen LogP contribution in [0.15, 0.2) is 72.8 Å². The molecular weight excluding hydrogens is 459 g/mol. The minimum absolute atomic E-state index is 0.229. The summed E-state index contributed by atoms with van der Waals surface area (Å²) in [5.74, 6) is 1.83. The van der Waals surface area contributed by atoms with E-state index in [4.69, 9.17) is 9.47 Å². The van der Waals surface area contributed by atoms with Crippen LogP contribution in [0.4, 0.5) is 10.1 Å². The zero-order chi connectivity index (χ0) is 24.9. The molecule has 0 saturated carbocycles. The van der Waals surface area contributed by atoms with Crippen molar-refractivity contribution < 1.29 is 13.9 Å². The molecule has 1 atom stereocenters. The van der Waals surface area contributed by atoms with Crippen molar-refractivity contribution in [1.29, 1.82) is 0 Å². The molecule has 0 radical (unpaired) electrons. The van der Waals surface area contributed by atoms with E-state index in [9.17, 15) is 4.39 Å². The number of hydrogen-bond acceptors (Lipinski definition) is 7. The lowest BCUT2D eigenvalue weighted by molar-refractivity contribution is 0.197. The highest BCUT2D eigenvalue weighted by Gasteiger charge is 2.33. The summed E-state index contributed by atoms with van der Waals surface area (Å²) in [6.45, 7) is 3.66. The highest BCUT2D eigenvalue weighted by atomic mass is 19.1. The van der Waals surface area contributed by atoms with Crippen LogP contribution in [0.5, 0.6) is 11.5 Å². The summed E-state index contributed by atoms with van der Waals surface area (Å²) >= 11 is 0. The summed E-state index contributed by atoms with van der Waals surface area (Å²) in [4.78, 5) is 4.63. The minimum atomic E-state index is -0.246. The molecule has 0 bridgehead atoms. The monoisotopic (exact) mass is 488 g/mol. The van der Waals surface area contributed by atoms with Gasteiger partial charge in [0.25, 0.3) is 0 Å². The first kappa shape index (κ1) is 23.7. The Morgan fingerprint density at radius 1 is 0.861 bits per heavy atom. The Kier molecular flexibility index (Phi) is 7.08. The molecular formula is C27H29FN6O2. The van der Waals surface area contributed by atoms with Gasteiger partial charge in [0, 0.05) is 37.4 Å². The van der Waals surface area contributed by atoms with Crippen molar-refractivity contribution in [2.75, 3.05) is 45.3 Å². The largest absolute Gasteiger partial charge is 0.493 e. The lowest BCUT2D eigenvalue weighted by Crippen LogP contribution is -2.48. The van der Waals surface area contributed by atoms with Gasteiger partial charge in [-0.05, 0) is 46.3 Å². The fraction of sp³-hybridized carbons (Fsp3) is 0.296. The summed E-state index contributed by atoms with van der Waals surface area (Å²) in [5.41, 5.74) is 3.07. The van der Waals surface area contributed by atoms with E-state index in [1.807, 2.05) is 53.2 Å². The molecule has 2 heterocycles. The number of anilines is 1. The number of para-hydroxylation sites is 1. The predicted octanol–water partition coefficient (Wildman–Crippen LogP) is 3.79. The Labute approximate surface area is 209 Å². The number of nitrogens with zero attached hydrogens (tertiary/aromatic N) is 6. The average Bonchev–Trinajstić information content (AvgIpc) is 3.37. The van der Waals surface area contributed by atoms with E-state index >= 15 is 0 Å². The molecule has 0 amide bonds. The van der Waals surface area contributed by atoms with Crippen molar-refractivity contribution in [1.82, 2.24) is 25.1 Å². The number of piperazine rings is 1.